The Bertz CT molecular complexity index is 1170. The first kappa shape index (κ1) is 18.9. The van der Waals surface area contributed by atoms with Crippen molar-refractivity contribution in [3.63, 3.8) is 0 Å². The van der Waals surface area contributed by atoms with E-state index in [0.717, 1.165) is 43.7 Å². The molecule has 0 bridgehead atoms. The molecule has 2 aromatic carbocycles. The number of aromatic nitrogens is 2. The number of hydrogen-bond donors (Lipinski definition) is 1. The number of anilines is 1. The molecular formula is C24H26N4O2. The molecule has 1 aromatic heterocycles. The third kappa shape index (κ3) is 3.58. The molecule has 1 amide bonds. The predicted molar refractivity (Wildman–Crippen MR) is 119 cm³/mol. The largest absolute Gasteiger partial charge is 0.352 e. The lowest BCUT2D eigenvalue weighted by atomic mass is 10.1. The van der Waals surface area contributed by atoms with E-state index in [9.17, 15) is 9.59 Å². The van der Waals surface area contributed by atoms with E-state index < -0.39 is 0 Å². The molecule has 3 aromatic rings. The predicted octanol–water partition coefficient (Wildman–Crippen LogP) is 3.43. The van der Waals surface area contributed by atoms with Gasteiger partial charge in [-0.3, -0.25) is 9.59 Å². The van der Waals surface area contributed by atoms with Crippen LogP contribution in [0.1, 0.15) is 41.6 Å². The van der Waals surface area contributed by atoms with Crippen LogP contribution in [0.15, 0.2) is 47.3 Å². The highest BCUT2D eigenvalue weighted by atomic mass is 16.1. The van der Waals surface area contributed by atoms with Crippen LogP contribution in [0.5, 0.6) is 0 Å². The standard InChI is InChI=1S/C24H26N4O2/c1-16-5-4-6-19(13-16)28-23(30)20-10-9-18(22(29)25-15-17-7-8-17)14-21(20)26-24(28)27-11-2-3-12-27/h4-6,9-10,13-14,17H,2-3,7-8,11-12,15H2,1H3,(H,25,29). The number of nitrogens with zero attached hydrogens (tertiary/aromatic N) is 3. The maximum atomic E-state index is 13.5. The van der Waals surface area contributed by atoms with Gasteiger partial charge in [0.05, 0.1) is 16.6 Å². The van der Waals surface area contributed by atoms with E-state index in [0.29, 0.717) is 28.3 Å². The highest BCUT2D eigenvalue weighted by Crippen LogP contribution is 2.28. The van der Waals surface area contributed by atoms with Crippen molar-refractivity contribution >= 4 is 22.8 Å². The van der Waals surface area contributed by atoms with E-state index in [1.807, 2.05) is 31.2 Å². The summed E-state index contributed by atoms with van der Waals surface area (Å²) in [6, 6.07) is 13.1. The summed E-state index contributed by atoms with van der Waals surface area (Å²) >= 11 is 0. The third-order valence-electron chi connectivity index (χ3n) is 6.01. The number of nitrogens with one attached hydrogen (secondary N) is 1. The van der Waals surface area contributed by atoms with Gasteiger partial charge in [-0.2, -0.15) is 0 Å². The van der Waals surface area contributed by atoms with Crippen LogP contribution in [0.4, 0.5) is 5.95 Å². The first-order chi connectivity index (χ1) is 14.6. The lowest BCUT2D eigenvalue weighted by Gasteiger charge is -2.22. The Hall–Kier alpha value is -3.15. The maximum absolute atomic E-state index is 13.5. The molecule has 1 saturated heterocycles. The average Bonchev–Trinajstić information content (AvgIpc) is 3.42. The molecule has 30 heavy (non-hydrogen) atoms. The Morgan fingerprint density at radius 3 is 2.67 bits per heavy atom. The Balaban J connectivity index is 1.62. The molecule has 1 N–H and O–H groups in total. The Morgan fingerprint density at radius 2 is 1.93 bits per heavy atom. The summed E-state index contributed by atoms with van der Waals surface area (Å²) in [7, 11) is 0. The maximum Gasteiger partial charge on any atom is 0.267 e. The van der Waals surface area contributed by atoms with E-state index in [4.69, 9.17) is 4.98 Å². The number of carbonyl (C=O) groups is 1. The molecule has 0 atom stereocenters. The van der Waals surface area contributed by atoms with E-state index in [1.165, 1.54) is 12.8 Å². The lowest BCUT2D eigenvalue weighted by molar-refractivity contribution is 0.0952. The third-order valence-corrected chi connectivity index (χ3v) is 6.01. The number of rotatable bonds is 5. The molecule has 6 heteroatoms. The van der Waals surface area contributed by atoms with E-state index >= 15 is 0 Å². The second-order valence-electron chi connectivity index (χ2n) is 8.47. The van der Waals surface area contributed by atoms with Crippen molar-refractivity contribution in [3.05, 3.63) is 63.9 Å². The van der Waals surface area contributed by atoms with Crippen LogP contribution in [0.25, 0.3) is 16.6 Å². The van der Waals surface area contributed by atoms with E-state index in [1.54, 1.807) is 22.8 Å². The lowest BCUT2D eigenvalue weighted by Crippen LogP contribution is -2.30. The van der Waals surface area contributed by atoms with Crippen molar-refractivity contribution in [1.29, 1.82) is 0 Å². The van der Waals surface area contributed by atoms with Gasteiger partial charge in [0.2, 0.25) is 5.95 Å². The van der Waals surface area contributed by atoms with E-state index in [2.05, 4.69) is 10.2 Å². The molecule has 2 aliphatic rings. The summed E-state index contributed by atoms with van der Waals surface area (Å²) in [5, 5.41) is 3.52. The van der Waals surface area contributed by atoms with Crippen molar-refractivity contribution in [3.8, 4) is 5.69 Å². The van der Waals surface area contributed by atoms with Gasteiger partial charge in [0, 0.05) is 25.2 Å². The van der Waals surface area contributed by atoms with Crippen molar-refractivity contribution in [2.75, 3.05) is 24.5 Å². The Morgan fingerprint density at radius 1 is 1.13 bits per heavy atom. The fraction of sp³-hybridized carbons (Fsp3) is 0.375. The van der Waals surface area contributed by atoms with Gasteiger partial charge in [0.15, 0.2) is 0 Å². The van der Waals surface area contributed by atoms with Crippen molar-refractivity contribution in [2.24, 2.45) is 5.92 Å². The second kappa shape index (κ2) is 7.59. The first-order valence-corrected chi connectivity index (χ1v) is 10.8. The molecule has 2 heterocycles. The van der Waals surface area contributed by atoms with Crippen LogP contribution in [-0.4, -0.2) is 35.1 Å². The molecule has 0 unspecified atom stereocenters. The molecule has 0 spiro atoms. The number of fused-ring (bicyclic) bond motifs is 1. The molecule has 154 valence electrons. The molecule has 1 saturated carbocycles. The minimum absolute atomic E-state index is 0.0996. The molecule has 5 rings (SSSR count). The van der Waals surface area contributed by atoms with Gasteiger partial charge in [-0.05, 0) is 74.4 Å². The van der Waals surface area contributed by atoms with Gasteiger partial charge in [0.25, 0.3) is 11.5 Å². The first-order valence-electron chi connectivity index (χ1n) is 10.8. The van der Waals surface area contributed by atoms with Crippen molar-refractivity contribution in [1.82, 2.24) is 14.9 Å². The van der Waals surface area contributed by atoms with Gasteiger partial charge in [-0.1, -0.05) is 12.1 Å². The highest BCUT2D eigenvalue weighted by molar-refractivity contribution is 5.97. The van der Waals surface area contributed by atoms with Crippen LogP contribution < -0.4 is 15.8 Å². The number of amides is 1. The molecule has 1 aliphatic carbocycles. The van der Waals surface area contributed by atoms with Crippen molar-refractivity contribution in [2.45, 2.75) is 32.6 Å². The summed E-state index contributed by atoms with van der Waals surface area (Å²) in [6.45, 7) is 4.50. The minimum atomic E-state index is -0.101. The van der Waals surface area contributed by atoms with Gasteiger partial charge in [-0.15, -0.1) is 0 Å². The average molecular weight is 402 g/mol. The molecular weight excluding hydrogens is 376 g/mol. The summed E-state index contributed by atoms with van der Waals surface area (Å²) in [6.07, 6.45) is 4.56. The van der Waals surface area contributed by atoms with Crippen LogP contribution in [0.3, 0.4) is 0 Å². The fourth-order valence-electron chi connectivity index (χ4n) is 4.11. The summed E-state index contributed by atoms with van der Waals surface area (Å²) in [4.78, 5) is 33.1. The fourth-order valence-corrected chi connectivity index (χ4v) is 4.11. The van der Waals surface area contributed by atoms with E-state index in [-0.39, 0.29) is 11.5 Å². The molecule has 2 fully saturated rings. The van der Waals surface area contributed by atoms with Gasteiger partial charge in [0.1, 0.15) is 0 Å². The van der Waals surface area contributed by atoms with Gasteiger partial charge < -0.3 is 10.2 Å². The van der Waals surface area contributed by atoms with Crippen LogP contribution >= 0.6 is 0 Å². The minimum Gasteiger partial charge on any atom is -0.352 e. The topological polar surface area (TPSA) is 67.2 Å². The summed E-state index contributed by atoms with van der Waals surface area (Å²) in [5.74, 6) is 1.18. The molecule has 0 radical (unpaired) electrons. The van der Waals surface area contributed by atoms with Gasteiger partial charge >= 0.3 is 0 Å². The van der Waals surface area contributed by atoms with Crippen molar-refractivity contribution < 1.29 is 4.79 Å². The highest BCUT2D eigenvalue weighted by Gasteiger charge is 2.23. The monoisotopic (exact) mass is 402 g/mol. The smallest absolute Gasteiger partial charge is 0.267 e. The second-order valence-corrected chi connectivity index (χ2v) is 8.47. The zero-order valence-electron chi connectivity index (χ0n) is 17.2. The van der Waals surface area contributed by atoms with Crippen LogP contribution in [-0.2, 0) is 0 Å². The number of aryl methyl sites for hydroxylation is 1. The number of hydrogen-bond acceptors (Lipinski definition) is 4. The Kier molecular flexibility index (Phi) is 4.77. The number of benzene rings is 2. The Labute approximate surface area is 175 Å². The normalized spacial score (nSPS) is 16.2. The molecule has 6 nitrogen and oxygen atoms in total. The zero-order valence-corrected chi connectivity index (χ0v) is 17.2. The summed E-state index contributed by atoms with van der Waals surface area (Å²) in [5.41, 5.74) is 2.94. The van der Waals surface area contributed by atoms with Gasteiger partial charge in [-0.25, -0.2) is 9.55 Å². The van der Waals surface area contributed by atoms with Crippen LogP contribution in [0, 0.1) is 12.8 Å². The molecule has 1 aliphatic heterocycles. The SMILES string of the molecule is Cc1cccc(-n2c(N3CCCC3)nc3cc(C(=O)NCC4CC4)ccc3c2=O)c1. The quantitative estimate of drug-likeness (QED) is 0.710. The van der Waals surface area contributed by atoms with Crippen LogP contribution in [0.2, 0.25) is 0 Å². The number of carbonyl (C=O) groups excluding carboxylic acids is 1. The zero-order chi connectivity index (χ0) is 20.7. The summed E-state index contributed by atoms with van der Waals surface area (Å²) < 4.78 is 1.72.